The molecule has 0 amide bonds. The van der Waals surface area contributed by atoms with Gasteiger partial charge in [0.05, 0.1) is 11.7 Å². The Morgan fingerprint density at radius 1 is 1.39 bits per heavy atom. The number of nitrogens with two attached hydrogens (primary N) is 1. The SMILES string of the molecule is NS(=O)(=O)C1C=NC=C(C(F)(F)F)C1OC1CC1. The first-order valence-corrected chi connectivity index (χ1v) is 6.78. The van der Waals surface area contributed by atoms with E-state index in [4.69, 9.17) is 9.88 Å². The van der Waals surface area contributed by atoms with E-state index >= 15 is 0 Å². The number of primary sulfonamides is 1. The van der Waals surface area contributed by atoms with Crippen LogP contribution in [0.15, 0.2) is 16.8 Å². The number of aliphatic imine (C=N–C) groups is 1. The smallest absolute Gasteiger partial charge is 0.368 e. The lowest BCUT2D eigenvalue weighted by Crippen LogP contribution is -2.46. The molecule has 0 aromatic carbocycles. The predicted molar refractivity (Wildman–Crippen MR) is 57.4 cm³/mol. The first-order valence-electron chi connectivity index (χ1n) is 5.17. The molecule has 2 aliphatic rings. The van der Waals surface area contributed by atoms with Crippen LogP contribution in [0.2, 0.25) is 0 Å². The Kier molecular flexibility index (Phi) is 3.24. The molecule has 9 heteroatoms. The molecule has 0 spiro atoms. The van der Waals surface area contributed by atoms with Gasteiger partial charge in [0, 0.05) is 12.4 Å². The highest BCUT2D eigenvalue weighted by Crippen LogP contribution is 2.37. The zero-order valence-electron chi connectivity index (χ0n) is 9.09. The molecule has 0 aromatic heterocycles. The van der Waals surface area contributed by atoms with Crippen molar-refractivity contribution in [3.63, 3.8) is 0 Å². The maximum Gasteiger partial charge on any atom is 0.416 e. The van der Waals surface area contributed by atoms with Crippen molar-refractivity contribution in [2.45, 2.75) is 36.5 Å². The van der Waals surface area contributed by atoms with Crippen molar-refractivity contribution in [2.75, 3.05) is 0 Å². The van der Waals surface area contributed by atoms with Gasteiger partial charge in [-0.3, -0.25) is 4.99 Å². The molecule has 1 saturated carbocycles. The Hall–Kier alpha value is -0.930. The summed E-state index contributed by atoms with van der Waals surface area (Å²) in [4.78, 5) is 3.30. The molecule has 0 radical (unpaired) electrons. The molecule has 1 fully saturated rings. The summed E-state index contributed by atoms with van der Waals surface area (Å²) in [5.41, 5.74) is -1.11. The van der Waals surface area contributed by atoms with Crippen molar-refractivity contribution < 1.29 is 26.3 Å². The second kappa shape index (κ2) is 4.32. The van der Waals surface area contributed by atoms with Crippen LogP contribution in [0.5, 0.6) is 0 Å². The van der Waals surface area contributed by atoms with Crippen LogP contribution in [-0.4, -0.2) is 38.3 Å². The Morgan fingerprint density at radius 3 is 2.44 bits per heavy atom. The number of nitrogens with zero attached hydrogens (tertiary/aromatic N) is 1. The van der Waals surface area contributed by atoms with Gasteiger partial charge in [-0.05, 0) is 12.8 Å². The molecule has 1 aliphatic heterocycles. The summed E-state index contributed by atoms with van der Waals surface area (Å²) in [5.74, 6) is 0. The van der Waals surface area contributed by atoms with E-state index in [9.17, 15) is 21.6 Å². The average Bonchev–Trinajstić information content (AvgIpc) is 2.98. The van der Waals surface area contributed by atoms with Crippen molar-refractivity contribution >= 4 is 16.2 Å². The topological polar surface area (TPSA) is 81.8 Å². The lowest BCUT2D eigenvalue weighted by Gasteiger charge is -2.28. The van der Waals surface area contributed by atoms with Gasteiger partial charge in [0.2, 0.25) is 10.0 Å². The van der Waals surface area contributed by atoms with E-state index in [1.54, 1.807) is 0 Å². The van der Waals surface area contributed by atoms with Crippen LogP contribution in [0.3, 0.4) is 0 Å². The summed E-state index contributed by atoms with van der Waals surface area (Å²) in [6, 6.07) is 0. The highest BCUT2D eigenvalue weighted by atomic mass is 32.2. The van der Waals surface area contributed by atoms with Gasteiger partial charge in [-0.15, -0.1) is 0 Å². The van der Waals surface area contributed by atoms with Crippen LogP contribution in [0.1, 0.15) is 12.8 Å². The fourth-order valence-electron chi connectivity index (χ4n) is 1.59. The molecule has 2 atom stereocenters. The molecule has 102 valence electrons. The van der Waals surface area contributed by atoms with Crippen LogP contribution >= 0.6 is 0 Å². The fraction of sp³-hybridized carbons (Fsp3) is 0.667. The summed E-state index contributed by atoms with van der Waals surface area (Å²) in [5, 5.41) is 3.31. The molecule has 0 bridgehead atoms. The zero-order chi connectivity index (χ0) is 13.6. The molecule has 0 aromatic rings. The third kappa shape index (κ3) is 2.90. The van der Waals surface area contributed by atoms with Gasteiger partial charge in [-0.1, -0.05) is 0 Å². The van der Waals surface area contributed by atoms with Crippen LogP contribution < -0.4 is 5.14 Å². The molecular weight excluding hydrogens is 273 g/mol. The third-order valence-corrected chi connectivity index (χ3v) is 3.75. The third-order valence-electron chi connectivity index (χ3n) is 2.62. The zero-order valence-corrected chi connectivity index (χ0v) is 9.91. The first-order chi connectivity index (χ1) is 8.19. The number of ether oxygens (including phenoxy) is 1. The molecule has 0 saturated heterocycles. The summed E-state index contributed by atoms with van der Waals surface area (Å²) in [7, 11) is -4.20. The highest BCUT2D eigenvalue weighted by Gasteiger charge is 2.48. The Bertz CT molecular complexity index is 494. The quantitative estimate of drug-likeness (QED) is 0.829. The van der Waals surface area contributed by atoms with Gasteiger partial charge in [0.15, 0.2) is 0 Å². The lowest BCUT2D eigenvalue weighted by atomic mass is 10.1. The van der Waals surface area contributed by atoms with Gasteiger partial charge in [0.1, 0.15) is 11.4 Å². The molecule has 1 aliphatic carbocycles. The number of alkyl halides is 3. The van der Waals surface area contributed by atoms with Crippen LogP contribution in [0.25, 0.3) is 0 Å². The summed E-state index contributed by atoms with van der Waals surface area (Å²) < 4.78 is 66.0. The highest BCUT2D eigenvalue weighted by molar-refractivity contribution is 7.90. The molecule has 2 rings (SSSR count). The van der Waals surface area contributed by atoms with E-state index in [0.717, 1.165) is 6.21 Å². The van der Waals surface area contributed by atoms with Gasteiger partial charge < -0.3 is 4.74 Å². The molecule has 2 unspecified atom stereocenters. The van der Waals surface area contributed by atoms with Gasteiger partial charge in [0.25, 0.3) is 0 Å². The van der Waals surface area contributed by atoms with Crippen molar-refractivity contribution in [2.24, 2.45) is 10.1 Å². The minimum absolute atomic E-state index is 0.337. The maximum atomic E-state index is 12.8. The first kappa shape index (κ1) is 13.5. The lowest BCUT2D eigenvalue weighted by molar-refractivity contribution is -0.112. The summed E-state index contributed by atoms with van der Waals surface area (Å²) in [6.07, 6.45) is -3.97. The van der Waals surface area contributed by atoms with E-state index in [1.165, 1.54) is 0 Å². The predicted octanol–water partition coefficient (Wildman–Crippen LogP) is 0.722. The normalized spacial score (nSPS) is 29.2. The van der Waals surface area contributed by atoms with Crippen LogP contribution in [0, 0.1) is 0 Å². The number of hydrogen-bond acceptors (Lipinski definition) is 4. The Balaban J connectivity index is 2.33. The van der Waals surface area contributed by atoms with E-state index in [-0.39, 0.29) is 6.10 Å². The fourth-order valence-corrected chi connectivity index (χ4v) is 2.39. The molecule has 18 heavy (non-hydrogen) atoms. The average molecular weight is 284 g/mol. The van der Waals surface area contributed by atoms with Crippen LogP contribution in [0.4, 0.5) is 13.2 Å². The number of rotatable bonds is 3. The maximum absolute atomic E-state index is 12.8. The minimum Gasteiger partial charge on any atom is -0.368 e. The summed E-state index contributed by atoms with van der Waals surface area (Å²) in [6.45, 7) is 0. The number of sulfonamides is 1. The largest absolute Gasteiger partial charge is 0.416 e. The molecule has 1 heterocycles. The second-order valence-electron chi connectivity index (χ2n) is 4.19. The van der Waals surface area contributed by atoms with Crippen molar-refractivity contribution in [1.82, 2.24) is 0 Å². The minimum atomic E-state index is -4.69. The van der Waals surface area contributed by atoms with E-state index in [1.807, 2.05) is 0 Å². The van der Waals surface area contributed by atoms with E-state index < -0.39 is 33.1 Å². The van der Waals surface area contributed by atoms with Crippen LogP contribution in [-0.2, 0) is 14.8 Å². The number of halogens is 3. The van der Waals surface area contributed by atoms with E-state index in [2.05, 4.69) is 4.99 Å². The van der Waals surface area contributed by atoms with Crippen molar-refractivity contribution in [3.05, 3.63) is 11.8 Å². The Morgan fingerprint density at radius 2 is 2.00 bits per heavy atom. The Labute approximate surface area is 102 Å². The second-order valence-corrected chi connectivity index (χ2v) is 5.91. The molecule has 5 nitrogen and oxygen atoms in total. The van der Waals surface area contributed by atoms with Crippen molar-refractivity contribution in [1.29, 1.82) is 0 Å². The van der Waals surface area contributed by atoms with Gasteiger partial charge in [-0.2, -0.15) is 13.2 Å². The van der Waals surface area contributed by atoms with Gasteiger partial charge in [-0.25, -0.2) is 13.6 Å². The van der Waals surface area contributed by atoms with Gasteiger partial charge >= 0.3 is 6.18 Å². The molecular formula is C9H11F3N2O3S. The standard InChI is InChI=1S/C9H11F3N2O3S/c10-9(11,12)6-3-14-4-7(18(13,15)16)8(6)17-5-1-2-5/h3-5,7-8H,1-2H2,(H2,13,15,16). The van der Waals surface area contributed by atoms with E-state index in [0.29, 0.717) is 19.0 Å². The number of hydrogen-bond donors (Lipinski definition) is 1. The summed E-state index contributed by atoms with van der Waals surface area (Å²) >= 11 is 0. The monoisotopic (exact) mass is 284 g/mol. The molecule has 2 N–H and O–H groups in total. The van der Waals surface area contributed by atoms with Crippen molar-refractivity contribution in [3.8, 4) is 0 Å².